The molecule has 0 saturated carbocycles. The summed E-state index contributed by atoms with van der Waals surface area (Å²) in [5, 5.41) is 8.73. The van der Waals surface area contributed by atoms with Crippen LogP contribution < -0.4 is 0 Å². The Morgan fingerprint density at radius 1 is 1.35 bits per heavy atom. The van der Waals surface area contributed by atoms with Gasteiger partial charge in [-0.15, -0.1) is 11.3 Å². The molecule has 3 rings (SSSR count). The molecule has 0 bridgehead atoms. The van der Waals surface area contributed by atoms with E-state index in [1.807, 2.05) is 6.07 Å². The highest BCUT2D eigenvalue weighted by molar-refractivity contribution is 7.12. The fourth-order valence-corrected chi connectivity index (χ4v) is 3.63. The van der Waals surface area contributed by atoms with E-state index in [2.05, 4.69) is 29.4 Å². The number of aliphatic hydroxyl groups excluding tert-OH is 1. The summed E-state index contributed by atoms with van der Waals surface area (Å²) in [5.41, 5.74) is 2.72. The van der Waals surface area contributed by atoms with Crippen molar-refractivity contribution in [1.82, 2.24) is 9.55 Å². The molecule has 0 atom stereocenters. The largest absolute Gasteiger partial charge is 0.384 e. The number of thiophene rings is 1. The Labute approximate surface area is 123 Å². The van der Waals surface area contributed by atoms with Crippen LogP contribution in [0.1, 0.15) is 39.8 Å². The van der Waals surface area contributed by atoms with Crippen molar-refractivity contribution in [3.8, 4) is 11.8 Å². The predicted molar refractivity (Wildman–Crippen MR) is 81.0 cm³/mol. The molecule has 0 radical (unpaired) electrons. The van der Waals surface area contributed by atoms with Gasteiger partial charge in [-0.25, -0.2) is 4.98 Å². The standard InChI is InChI=1S/C16H18N2OS/c1-12-17-15-6-2-3-7-16(15)18(12)11-14-9-8-13(20-14)5-4-10-19/h8-9,19H,2-3,6-7,10-11H2,1H3. The van der Waals surface area contributed by atoms with Gasteiger partial charge in [-0.3, -0.25) is 0 Å². The SMILES string of the molecule is Cc1nc2c(n1Cc1ccc(C#CCO)s1)CCCC2. The van der Waals surface area contributed by atoms with E-state index in [-0.39, 0.29) is 6.61 Å². The van der Waals surface area contributed by atoms with Crippen LogP contribution in [0.15, 0.2) is 12.1 Å². The maximum absolute atomic E-state index is 8.73. The topological polar surface area (TPSA) is 38.0 Å². The molecule has 104 valence electrons. The van der Waals surface area contributed by atoms with E-state index < -0.39 is 0 Å². The van der Waals surface area contributed by atoms with Gasteiger partial charge in [-0.2, -0.15) is 0 Å². The van der Waals surface area contributed by atoms with Gasteiger partial charge in [-0.05, 0) is 44.7 Å². The van der Waals surface area contributed by atoms with Crippen molar-refractivity contribution >= 4 is 11.3 Å². The second kappa shape index (κ2) is 5.82. The number of nitrogens with zero attached hydrogens (tertiary/aromatic N) is 2. The average Bonchev–Trinajstić information content (AvgIpc) is 3.02. The minimum absolute atomic E-state index is 0.0820. The molecule has 0 fully saturated rings. The summed E-state index contributed by atoms with van der Waals surface area (Å²) in [7, 11) is 0. The lowest BCUT2D eigenvalue weighted by molar-refractivity contribution is 0.350. The highest BCUT2D eigenvalue weighted by atomic mass is 32.1. The van der Waals surface area contributed by atoms with Crippen molar-refractivity contribution in [2.24, 2.45) is 0 Å². The van der Waals surface area contributed by atoms with Gasteiger partial charge in [0.2, 0.25) is 0 Å². The smallest absolute Gasteiger partial charge is 0.106 e. The van der Waals surface area contributed by atoms with Gasteiger partial charge < -0.3 is 9.67 Å². The van der Waals surface area contributed by atoms with E-state index in [0.717, 1.165) is 30.1 Å². The summed E-state index contributed by atoms with van der Waals surface area (Å²) in [6.45, 7) is 2.90. The number of aromatic nitrogens is 2. The zero-order valence-corrected chi connectivity index (χ0v) is 12.5. The summed E-state index contributed by atoms with van der Waals surface area (Å²) in [6.07, 6.45) is 4.82. The third-order valence-electron chi connectivity index (χ3n) is 3.69. The van der Waals surface area contributed by atoms with Crippen molar-refractivity contribution in [1.29, 1.82) is 0 Å². The first kappa shape index (κ1) is 13.4. The van der Waals surface area contributed by atoms with E-state index >= 15 is 0 Å². The van der Waals surface area contributed by atoms with Crippen LogP contribution in [0, 0.1) is 18.8 Å². The number of hydrogen-bond acceptors (Lipinski definition) is 3. The third-order valence-corrected chi connectivity index (χ3v) is 4.68. The van der Waals surface area contributed by atoms with Gasteiger partial charge in [-0.1, -0.05) is 11.8 Å². The van der Waals surface area contributed by atoms with Crippen LogP contribution in [0.2, 0.25) is 0 Å². The molecule has 1 aliphatic carbocycles. The number of fused-ring (bicyclic) bond motifs is 1. The van der Waals surface area contributed by atoms with Gasteiger partial charge in [0, 0.05) is 10.6 Å². The Kier molecular flexibility index (Phi) is 3.90. The minimum atomic E-state index is -0.0820. The molecule has 2 aromatic heterocycles. The first-order valence-corrected chi connectivity index (χ1v) is 7.83. The zero-order valence-electron chi connectivity index (χ0n) is 11.6. The highest BCUT2D eigenvalue weighted by Gasteiger charge is 2.18. The maximum Gasteiger partial charge on any atom is 0.106 e. The fraction of sp³-hybridized carbons (Fsp3) is 0.438. The summed E-state index contributed by atoms with van der Waals surface area (Å²) in [5.74, 6) is 6.78. The van der Waals surface area contributed by atoms with Gasteiger partial charge >= 0.3 is 0 Å². The van der Waals surface area contributed by atoms with Crippen LogP contribution in [0.4, 0.5) is 0 Å². The molecular weight excluding hydrogens is 268 g/mol. The second-order valence-electron chi connectivity index (χ2n) is 5.07. The van der Waals surface area contributed by atoms with Crippen LogP contribution in [-0.4, -0.2) is 21.3 Å². The molecule has 1 aliphatic rings. The molecule has 0 aromatic carbocycles. The Morgan fingerprint density at radius 3 is 3.05 bits per heavy atom. The normalized spacial score (nSPS) is 13.7. The lowest BCUT2D eigenvalue weighted by atomic mass is 10.0. The Hall–Kier alpha value is -1.57. The molecule has 1 N–H and O–H groups in total. The molecular formula is C16H18N2OS. The average molecular weight is 286 g/mol. The molecule has 0 saturated heterocycles. The monoisotopic (exact) mass is 286 g/mol. The molecule has 0 aliphatic heterocycles. The van der Waals surface area contributed by atoms with Crippen molar-refractivity contribution < 1.29 is 5.11 Å². The number of imidazole rings is 1. The fourth-order valence-electron chi connectivity index (χ4n) is 2.76. The van der Waals surface area contributed by atoms with Gasteiger partial charge in [0.15, 0.2) is 0 Å². The lowest BCUT2D eigenvalue weighted by Gasteiger charge is -2.14. The van der Waals surface area contributed by atoms with E-state index in [4.69, 9.17) is 10.1 Å². The second-order valence-corrected chi connectivity index (χ2v) is 6.24. The minimum Gasteiger partial charge on any atom is -0.384 e. The van der Waals surface area contributed by atoms with Crippen LogP contribution in [-0.2, 0) is 19.4 Å². The number of aliphatic hydroxyl groups is 1. The Bertz CT molecular complexity index is 672. The molecule has 0 unspecified atom stereocenters. The van der Waals surface area contributed by atoms with Crippen molar-refractivity contribution in [2.45, 2.75) is 39.2 Å². The van der Waals surface area contributed by atoms with Crippen LogP contribution in [0.5, 0.6) is 0 Å². The summed E-state index contributed by atoms with van der Waals surface area (Å²) < 4.78 is 2.35. The van der Waals surface area contributed by atoms with Crippen molar-refractivity contribution in [3.63, 3.8) is 0 Å². The summed E-state index contributed by atoms with van der Waals surface area (Å²) in [4.78, 5) is 7.02. The Balaban J connectivity index is 1.84. The number of aryl methyl sites for hydroxylation is 2. The van der Waals surface area contributed by atoms with Crippen LogP contribution in [0.3, 0.4) is 0 Å². The highest BCUT2D eigenvalue weighted by Crippen LogP contribution is 2.24. The van der Waals surface area contributed by atoms with Crippen LogP contribution >= 0.6 is 11.3 Å². The maximum atomic E-state index is 8.73. The predicted octanol–water partition coefficient (Wildman–Crippen LogP) is 2.52. The molecule has 2 heterocycles. The van der Waals surface area contributed by atoms with Gasteiger partial charge in [0.25, 0.3) is 0 Å². The van der Waals surface area contributed by atoms with E-state index in [9.17, 15) is 0 Å². The van der Waals surface area contributed by atoms with E-state index in [1.165, 1.54) is 29.1 Å². The first-order chi connectivity index (χ1) is 9.78. The first-order valence-electron chi connectivity index (χ1n) is 7.01. The molecule has 3 nitrogen and oxygen atoms in total. The summed E-state index contributed by atoms with van der Waals surface area (Å²) >= 11 is 1.70. The quantitative estimate of drug-likeness (QED) is 0.862. The van der Waals surface area contributed by atoms with Crippen LogP contribution in [0.25, 0.3) is 0 Å². The lowest BCUT2D eigenvalue weighted by Crippen LogP contribution is -2.09. The van der Waals surface area contributed by atoms with Gasteiger partial charge in [0.1, 0.15) is 12.4 Å². The zero-order chi connectivity index (χ0) is 13.9. The van der Waals surface area contributed by atoms with Gasteiger partial charge in [0.05, 0.1) is 17.1 Å². The third kappa shape index (κ3) is 2.65. The van der Waals surface area contributed by atoms with Crippen molar-refractivity contribution in [2.75, 3.05) is 6.61 Å². The summed E-state index contributed by atoms with van der Waals surface area (Å²) in [6, 6.07) is 4.15. The van der Waals surface area contributed by atoms with E-state index in [1.54, 1.807) is 11.3 Å². The molecule has 0 amide bonds. The molecule has 20 heavy (non-hydrogen) atoms. The molecule has 0 spiro atoms. The van der Waals surface area contributed by atoms with E-state index in [0.29, 0.717) is 0 Å². The number of hydrogen-bond donors (Lipinski definition) is 1. The number of rotatable bonds is 2. The van der Waals surface area contributed by atoms with Crippen molar-refractivity contribution in [3.05, 3.63) is 39.1 Å². The Morgan fingerprint density at radius 2 is 2.20 bits per heavy atom. The molecule has 4 heteroatoms. The molecule has 2 aromatic rings.